The maximum atomic E-state index is 10.5. The topological polar surface area (TPSA) is 40.5 Å². The molecule has 0 aliphatic carbocycles. The SMILES string of the molecule is COc1ccc(OCCn2ccc(C=O)c2)cc1. The standard InChI is InChI=1S/C14H15NO3/c1-17-13-2-4-14(5-3-13)18-9-8-15-7-6-12(10-15)11-16/h2-7,10-11H,8-9H2,1H3. The van der Waals surface area contributed by atoms with Gasteiger partial charge in [-0.25, -0.2) is 0 Å². The number of carbonyl (C=O) groups excluding carboxylic acids is 1. The molecule has 2 aromatic rings. The first kappa shape index (κ1) is 12.2. The Kier molecular flexibility index (Phi) is 4.02. The molecule has 0 aliphatic rings. The lowest BCUT2D eigenvalue weighted by atomic mass is 10.3. The van der Waals surface area contributed by atoms with Crippen LogP contribution in [-0.2, 0) is 6.54 Å². The van der Waals surface area contributed by atoms with Crippen LogP contribution >= 0.6 is 0 Å². The maximum absolute atomic E-state index is 10.5. The van der Waals surface area contributed by atoms with Crippen molar-refractivity contribution in [1.82, 2.24) is 4.57 Å². The number of aldehydes is 1. The minimum atomic E-state index is 0.555. The largest absolute Gasteiger partial charge is 0.497 e. The monoisotopic (exact) mass is 245 g/mol. The second kappa shape index (κ2) is 5.91. The molecule has 4 nitrogen and oxygen atoms in total. The molecule has 0 atom stereocenters. The summed E-state index contributed by atoms with van der Waals surface area (Å²) in [5.74, 6) is 1.61. The molecule has 0 unspecified atom stereocenters. The molecule has 1 aromatic carbocycles. The molecule has 4 heteroatoms. The number of carbonyl (C=O) groups is 1. The third-order valence-corrected chi connectivity index (χ3v) is 2.59. The number of nitrogens with zero attached hydrogens (tertiary/aromatic N) is 1. The number of benzene rings is 1. The van der Waals surface area contributed by atoms with Crippen LogP contribution in [0.3, 0.4) is 0 Å². The second-order valence-corrected chi connectivity index (χ2v) is 3.82. The molecule has 0 amide bonds. The summed E-state index contributed by atoms with van der Waals surface area (Å²) >= 11 is 0. The predicted octanol–water partition coefficient (Wildman–Crippen LogP) is 2.39. The van der Waals surface area contributed by atoms with Gasteiger partial charge in [-0.05, 0) is 30.3 Å². The molecule has 0 bridgehead atoms. The Hall–Kier alpha value is -2.23. The smallest absolute Gasteiger partial charge is 0.151 e. The number of rotatable bonds is 6. The molecular formula is C14H15NO3. The van der Waals surface area contributed by atoms with Crippen LogP contribution in [0.1, 0.15) is 10.4 Å². The van der Waals surface area contributed by atoms with E-state index in [1.165, 1.54) is 0 Å². The van der Waals surface area contributed by atoms with Crippen molar-refractivity contribution in [3.8, 4) is 11.5 Å². The second-order valence-electron chi connectivity index (χ2n) is 3.82. The van der Waals surface area contributed by atoms with E-state index >= 15 is 0 Å². The highest BCUT2D eigenvalue weighted by atomic mass is 16.5. The third-order valence-electron chi connectivity index (χ3n) is 2.59. The van der Waals surface area contributed by atoms with Crippen molar-refractivity contribution in [3.05, 3.63) is 48.3 Å². The van der Waals surface area contributed by atoms with Crippen molar-refractivity contribution >= 4 is 6.29 Å². The molecule has 0 saturated carbocycles. The van der Waals surface area contributed by atoms with Crippen LogP contribution in [0.5, 0.6) is 11.5 Å². The Balaban J connectivity index is 1.82. The lowest BCUT2D eigenvalue weighted by molar-refractivity contribution is 0.112. The van der Waals surface area contributed by atoms with Gasteiger partial charge in [0, 0.05) is 18.0 Å². The summed E-state index contributed by atoms with van der Waals surface area (Å²) in [7, 11) is 1.63. The zero-order chi connectivity index (χ0) is 12.8. The van der Waals surface area contributed by atoms with E-state index in [4.69, 9.17) is 9.47 Å². The molecule has 1 heterocycles. The van der Waals surface area contributed by atoms with Gasteiger partial charge in [-0.2, -0.15) is 0 Å². The molecule has 2 rings (SSSR count). The van der Waals surface area contributed by atoms with Crippen LogP contribution in [0.4, 0.5) is 0 Å². The normalized spacial score (nSPS) is 10.1. The molecule has 0 saturated heterocycles. The quantitative estimate of drug-likeness (QED) is 0.734. The summed E-state index contributed by atoms with van der Waals surface area (Å²) in [5, 5.41) is 0. The number of hydrogen-bond acceptors (Lipinski definition) is 3. The average Bonchev–Trinajstić information content (AvgIpc) is 2.87. The lowest BCUT2D eigenvalue weighted by Crippen LogP contribution is -2.06. The first-order valence-electron chi connectivity index (χ1n) is 5.69. The fraction of sp³-hybridized carbons (Fsp3) is 0.214. The minimum Gasteiger partial charge on any atom is -0.497 e. The molecule has 0 fully saturated rings. The zero-order valence-electron chi connectivity index (χ0n) is 10.2. The Labute approximate surface area is 106 Å². The van der Waals surface area contributed by atoms with E-state index in [1.54, 1.807) is 19.4 Å². The van der Waals surface area contributed by atoms with E-state index in [1.807, 2.05) is 35.0 Å². The van der Waals surface area contributed by atoms with Crippen LogP contribution < -0.4 is 9.47 Å². The van der Waals surface area contributed by atoms with E-state index in [-0.39, 0.29) is 0 Å². The number of ether oxygens (including phenoxy) is 2. The van der Waals surface area contributed by atoms with Crippen LogP contribution in [-0.4, -0.2) is 24.6 Å². The fourth-order valence-corrected chi connectivity index (χ4v) is 1.61. The number of aromatic nitrogens is 1. The van der Waals surface area contributed by atoms with E-state index in [2.05, 4.69) is 0 Å². The predicted molar refractivity (Wildman–Crippen MR) is 68.3 cm³/mol. The average molecular weight is 245 g/mol. The maximum Gasteiger partial charge on any atom is 0.151 e. The lowest BCUT2D eigenvalue weighted by Gasteiger charge is -2.07. The molecule has 94 valence electrons. The van der Waals surface area contributed by atoms with Crippen molar-refractivity contribution in [2.45, 2.75) is 6.54 Å². The molecular weight excluding hydrogens is 230 g/mol. The Morgan fingerprint density at radius 3 is 2.50 bits per heavy atom. The van der Waals surface area contributed by atoms with E-state index < -0.39 is 0 Å². The van der Waals surface area contributed by atoms with Gasteiger partial charge in [0.25, 0.3) is 0 Å². The van der Waals surface area contributed by atoms with Gasteiger partial charge in [0.15, 0.2) is 6.29 Å². The Morgan fingerprint density at radius 2 is 1.89 bits per heavy atom. The van der Waals surface area contributed by atoms with Crippen molar-refractivity contribution in [2.75, 3.05) is 13.7 Å². The summed E-state index contributed by atoms with van der Waals surface area (Å²) in [4.78, 5) is 10.5. The van der Waals surface area contributed by atoms with Gasteiger partial charge in [0.05, 0.1) is 13.7 Å². The van der Waals surface area contributed by atoms with Gasteiger partial charge in [0.2, 0.25) is 0 Å². The van der Waals surface area contributed by atoms with Gasteiger partial charge in [-0.15, -0.1) is 0 Å². The third kappa shape index (κ3) is 3.13. The molecule has 0 aliphatic heterocycles. The highest BCUT2D eigenvalue weighted by molar-refractivity contribution is 5.74. The van der Waals surface area contributed by atoms with Gasteiger partial charge < -0.3 is 14.0 Å². The van der Waals surface area contributed by atoms with Gasteiger partial charge in [0.1, 0.15) is 18.1 Å². The highest BCUT2D eigenvalue weighted by Crippen LogP contribution is 2.16. The Morgan fingerprint density at radius 1 is 1.17 bits per heavy atom. The van der Waals surface area contributed by atoms with Crippen molar-refractivity contribution in [2.24, 2.45) is 0 Å². The van der Waals surface area contributed by atoms with Crippen LogP contribution in [0.25, 0.3) is 0 Å². The molecule has 0 N–H and O–H groups in total. The van der Waals surface area contributed by atoms with E-state index in [0.717, 1.165) is 17.8 Å². The molecule has 0 spiro atoms. The molecule has 18 heavy (non-hydrogen) atoms. The minimum absolute atomic E-state index is 0.555. The van der Waals surface area contributed by atoms with Crippen LogP contribution in [0.2, 0.25) is 0 Å². The van der Waals surface area contributed by atoms with E-state index in [0.29, 0.717) is 18.7 Å². The number of hydrogen-bond donors (Lipinski definition) is 0. The summed E-state index contributed by atoms with van der Waals surface area (Å²) in [6, 6.07) is 9.22. The van der Waals surface area contributed by atoms with Crippen molar-refractivity contribution in [3.63, 3.8) is 0 Å². The summed E-state index contributed by atoms with van der Waals surface area (Å²) < 4.78 is 12.6. The Bertz CT molecular complexity index is 502. The first-order valence-corrected chi connectivity index (χ1v) is 5.69. The fourth-order valence-electron chi connectivity index (χ4n) is 1.61. The zero-order valence-corrected chi connectivity index (χ0v) is 10.2. The first-order chi connectivity index (χ1) is 8.81. The van der Waals surface area contributed by atoms with Crippen LogP contribution in [0.15, 0.2) is 42.7 Å². The molecule has 0 radical (unpaired) electrons. The summed E-state index contributed by atoms with van der Waals surface area (Å²) in [6.45, 7) is 1.26. The van der Waals surface area contributed by atoms with Crippen molar-refractivity contribution < 1.29 is 14.3 Å². The highest BCUT2D eigenvalue weighted by Gasteiger charge is 1.97. The van der Waals surface area contributed by atoms with Crippen LogP contribution in [0, 0.1) is 0 Å². The number of methoxy groups -OCH3 is 1. The summed E-state index contributed by atoms with van der Waals surface area (Å²) in [6.07, 6.45) is 4.49. The van der Waals surface area contributed by atoms with Gasteiger partial charge in [-0.1, -0.05) is 0 Å². The van der Waals surface area contributed by atoms with Gasteiger partial charge >= 0.3 is 0 Å². The van der Waals surface area contributed by atoms with Crippen molar-refractivity contribution in [1.29, 1.82) is 0 Å². The van der Waals surface area contributed by atoms with Gasteiger partial charge in [-0.3, -0.25) is 4.79 Å². The summed E-state index contributed by atoms with van der Waals surface area (Å²) in [5.41, 5.74) is 0.680. The molecule has 1 aromatic heterocycles. The van der Waals surface area contributed by atoms with E-state index in [9.17, 15) is 4.79 Å².